The van der Waals surface area contributed by atoms with Crippen LogP contribution in [0.2, 0.25) is 0 Å². The smallest absolute Gasteiger partial charge is 0.299 e. The van der Waals surface area contributed by atoms with Crippen LogP contribution in [0.4, 0.5) is 0 Å². The number of nitrogens with one attached hydrogen (secondary N) is 1. The van der Waals surface area contributed by atoms with E-state index < -0.39 is 0 Å². The molecule has 15 rings (SSSR count). The van der Waals surface area contributed by atoms with Gasteiger partial charge in [-0.05, 0) is 195 Å². The molecule has 0 atom stereocenters. The summed E-state index contributed by atoms with van der Waals surface area (Å²) in [6, 6.07) is 34.8. The summed E-state index contributed by atoms with van der Waals surface area (Å²) < 4.78 is 22.2. The number of fused-ring (bicyclic) bond motifs is 2. The van der Waals surface area contributed by atoms with Crippen molar-refractivity contribution in [3.8, 4) is 0 Å². The van der Waals surface area contributed by atoms with E-state index in [0.29, 0.717) is 35.9 Å². The second kappa shape index (κ2) is 103. The van der Waals surface area contributed by atoms with Crippen LogP contribution in [0.15, 0.2) is 255 Å². The third-order valence-electron chi connectivity index (χ3n) is 11.1. The number of benzene rings is 2. The number of hydrogen-bond donors (Lipinski definition) is 1. The Morgan fingerprint density at radius 1 is 0.358 bits per heavy atom. The van der Waals surface area contributed by atoms with Gasteiger partial charge in [-0.3, -0.25) is 39.4 Å². The largest absolute Gasteiger partial charge is 0.323 e. The molecular weight excluding hydrogens is 1780 g/mol. The summed E-state index contributed by atoms with van der Waals surface area (Å²) >= 11 is 5.18. The van der Waals surface area contributed by atoms with Gasteiger partial charge < -0.3 is 0 Å². The summed E-state index contributed by atoms with van der Waals surface area (Å²) in [4.78, 5) is 43.1. The fourth-order valence-electron chi connectivity index (χ4n) is 6.36. The Hall–Kier alpha value is -10.5. The monoisotopic (exact) mass is 1960 g/mol. The fourth-order valence-corrected chi connectivity index (χ4v) is 8.21. The van der Waals surface area contributed by atoms with Crippen LogP contribution in [-0.4, -0.2) is 118 Å². The fraction of sp³-hybridized carbons (Fsp3) is 0.546. The van der Waals surface area contributed by atoms with E-state index in [-0.39, 0.29) is 4.87 Å². The highest BCUT2D eigenvalue weighted by atomic mass is 32.1. The second-order valence-electron chi connectivity index (χ2n) is 38.1. The zero-order chi connectivity index (χ0) is 106. The highest BCUT2D eigenvalue weighted by molar-refractivity contribution is 7.13. The van der Waals surface area contributed by atoms with E-state index in [1.165, 1.54) is 67.7 Å². The van der Waals surface area contributed by atoms with Gasteiger partial charge in [-0.15, -0.1) is 10.2 Å². The zero-order valence-electron chi connectivity index (χ0n) is 92.4. The molecule has 0 amide bonds. The maximum atomic E-state index is 10.5. The van der Waals surface area contributed by atoms with Gasteiger partial charge in [-0.2, -0.15) is 52.6 Å². The van der Waals surface area contributed by atoms with Gasteiger partial charge in [0.1, 0.15) is 12.2 Å². The molecule has 0 spiro atoms. The number of allylic oxidation sites excluding steroid dienone is 1. The number of aromatic nitrogens is 23. The molecule has 1 aliphatic rings. The molecule has 0 bridgehead atoms. The lowest BCUT2D eigenvalue weighted by Gasteiger charge is -2.07. The first kappa shape index (κ1) is 142. The van der Waals surface area contributed by atoms with E-state index in [2.05, 4.69) is 394 Å². The molecule has 0 radical (unpaired) electrons. The van der Waals surface area contributed by atoms with E-state index in [0.717, 1.165) is 88.8 Å². The van der Waals surface area contributed by atoms with Crippen LogP contribution in [0.1, 0.15) is 350 Å². The van der Waals surface area contributed by atoms with E-state index in [1.807, 2.05) is 137 Å². The Morgan fingerprint density at radius 3 is 1.04 bits per heavy atom. The molecule has 29 heteroatoms. The Bertz CT molecular complexity index is 4080. The van der Waals surface area contributed by atoms with Gasteiger partial charge in [0.15, 0.2) is 5.82 Å². The first-order valence-electron chi connectivity index (χ1n) is 48.0. The second-order valence-corrected chi connectivity index (χ2v) is 40.9. The molecule has 14 aromatic rings. The van der Waals surface area contributed by atoms with Crippen LogP contribution in [-0.2, 0) is 0 Å². The highest BCUT2D eigenvalue weighted by Gasteiger charge is 2.09. The molecule has 0 saturated heterocycles. The van der Waals surface area contributed by atoms with Crippen molar-refractivity contribution in [1.29, 1.82) is 0 Å². The summed E-state index contributed by atoms with van der Waals surface area (Å²) in [6.45, 7) is 89.8. The molecule has 25 nitrogen and oxygen atoms in total. The van der Waals surface area contributed by atoms with E-state index in [1.54, 1.807) is 121 Å². The third kappa shape index (κ3) is 128. The summed E-state index contributed by atoms with van der Waals surface area (Å²) in [5.74, 6) is 11.1. The van der Waals surface area contributed by atoms with Crippen molar-refractivity contribution < 1.29 is 0 Å². The molecule has 137 heavy (non-hydrogen) atoms. The van der Waals surface area contributed by atoms with Crippen LogP contribution >= 0.6 is 46.3 Å². The number of hydrogen-bond acceptors (Lipinski definition) is 25. The number of aromatic amines is 1. The van der Waals surface area contributed by atoms with Gasteiger partial charge in [-0.1, -0.05) is 304 Å². The van der Waals surface area contributed by atoms with Crippen LogP contribution < -0.4 is 4.87 Å². The number of H-pyrrole nitrogens is 1. The topological polar surface area (TPSA) is 305 Å². The summed E-state index contributed by atoms with van der Waals surface area (Å²) in [6.07, 6.45) is 40.9. The van der Waals surface area contributed by atoms with E-state index >= 15 is 0 Å². The average Bonchev–Trinajstić information content (AvgIpc) is 1.63. The van der Waals surface area contributed by atoms with Crippen molar-refractivity contribution in [2.75, 3.05) is 0 Å². The number of rotatable bonds is 6. The predicted octanol–water partition coefficient (Wildman–Crippen LogP) is 32.1. The zero-order valence-corrected chi connectivity index (χ0v) is 95.7. The number of pyridine rings is 2. The van der Waals surface area contributed by atoms with Gasteiger partial charge in [0, 0.05) is 157 Å². The van der Waals surface area contributed by atoms with Crippen LogP contribution in [0, 0.1) is 59.2 Å². The van der Waals surface area contributed by atoms with Crippen molar-refractivity contribution in [1.82, 2.24) is 112 Å². The minimum atomic E-state index is -0.0706. The van der Waals surface area contributed by atoms with Gasteiger partial charge >= 0.3 is 4.87 Å². The number of tetrazole rings is 1. The molecule has 0 fully saturated rings. The standard InChI is InChI=1S/C12H13N.C7H14N4.C7H5NS.C6H10N2.C5H9N3.C5H8N2OS.C5H5N.3C4H4N2.C4H5N.10C4H10.C3H3NS.C2H2N2S/c1-9(2)12-11-6-4-3-5-10(11)7-8-13-12;1-5(2)7-8-10-11(9-7)6(3)4;1-2-4-7-6(3-1)5-8-9-7;1-6(2)8-5-3-4-7-8;1-5(2)8-6-3-4-7-8;1-3(2)4-6-5(8)9-7-4;1-2-4-6-5-3-1;1-2-6-4-3-5-1;1-2-5-4-6-3-1;1-2-4-6-5-3-1;1-2-4-5-3-1;10*1-4(2)3;2*1-2-4-5-3-1/h3-9H,1-2H3;5-6H,1-4H3;1-5H;3-6H,1-2H3;3-5H,1-2H3;3H,1-2H3,(H,6,7,8);1-5H;3*1-4H;1,3-4H,2H2;10*4H,1-3H3;1-3H;1-2H. The van der Waals surface area contributed by atoms with Gasteiger partial charge in [0.25, 0.3) is 0 Å². The molecule has 13 heterocycles. The molecule has 2 aromatic carbocycles. The summed E-state index contributed by atoms with van der Waals surface area (Å²) in [7, 11) is 0. The van der Waals surface area contributed by atoms with Gasteiger partial charge in [0.2, 0.25) is 0 Å². The lowest BCUT2D eigenvalue weighted by atomic mass is 10.0. The SMILES string of the molecule is C1=CN=CC1.CC(C)C.CC(C)C.CC(C)C.CC(C)C.CC(C)C.CC(C)C.CC(C)C.CC(C)C.CC(C)C.CC(C)C.CC(C)c1nccc2ccccc12.CC(C)c1nnn(C(C)C)n1.CC(C)c1nsc(=O)[nH]1.CC(C)n1cccn1.CC(C)n1nccn1.c1ccc2sncc2c1.c1ccncc1.c1ccnnc1.c1cnccn1.c1cncnc1.c1cnsc1.c1cnsn1. The molecular formula is C108H186N24OS4. The van der Waals surface area contributed by atoms with E-state index in [9.17, 15) is 4.79 Å². The molecule has 0 saturated carbocycles. The minimum Gasteiger partial charge on any atom is -0.299 e. The maximum absolute atomic E-state index is 10.5. The first-order valence-corrected chi connectivity index (χ1v) is 51.1. The number of aliphatic imine (C=N–C) groups is 1. The van der Waals surface area contributed by atoms with Gasteiger partial charge in [0.05, 0.1) is 59.0 Å². The van der Waals surface area contributed by atoms with Crippen molar-refractivity contribution in [3.05, 3.63) is 272 Å². The van der Waals surface area contributed by atoms with Crippen LogP contribution in [0.25, 0.3) is 20.9 Å². The molecule has 12 aromatic heterocycles. The average molecular weight is 1970 g/mol. The van der Waals surface area contributed by atoms with Crippen LogP contribution in [0.3, 0.4) is 0 Å². The minimum absolute atomic E-state index is 0.0706. The Morgan fingerprint density at radius 2 is 0.803 bits per heavy atom. The molecule has 1 N–H and O–H groups in total. The lowest BCUT2D eigenvalue weighted by molar-refractivity contribution is 0.452. The Labute approximate surface area is 848 Å². The predicted molar refractivity (Wildman–Crippen MR) is 597 cm³/mol. The summed E-state index contributed by atoms with van der Waals surface area (Å²) in [5.41, 5.74) is 1.19. The van der Waals surface area contributed by atoms with Crippen molar-refractivity contribution in [3.63, 3.8) is 0 Å². The molecule has 0 unspecified atom stereocenters. The molecule has 0 aliphatic carbocycles. The quantitative estimate of drug-likeness (QED) is 0.162. The number of nitrogens with zero attached hydrogens (tertiary/aromatic N) is 23. The van der Waals surface area contributed by atoms with Gasteiger partial charge in [-0.25, -0.2) is 14.3 Å². The van der Waals surface area contributed by atoms with Crippen molar-refractivity contribution in [2.45, 2.75) is 333 Å². The normalized spacial score (nSPS) is 9.80. The molecule has 768 valence electrons. The highest BCUT2D eigenvalue weighted by Crippen LogP contribution is 2.22. The Kier molecular flexibility index (Phi) is 107. The van der Waals surface area contributed by atoms with Crippen LogP contribution in [0.5, 0.6) is 0 Å². The van der Waals surface area contributed by atoms with Crippen molar-refractivity contribution >= 4 is 73.4 Å². The van der Waals surface area contributed by atoms with Crippen molar-refractivity contribution in [2.24, 2.45) is 64.2 Å². The first-order chi connectivity index (χ1) is 64.5. The lowest BCUT2D eigenvalue weighted by Crippen LogP contribution is -2.05. The maximum Gasteiger partial charge on any atom is 0.323 e. The third-order valence-corrected chi connectivity index (χ3v) is 13.4. The summed E-state index contributed by atoms with van der Waals surface area (Å²) in [5, 5.41) is 36.7. The van der Waals surface area contributed by atoms with E-state index in [4.69, 9.17) is 0 Å². The molecule has 1 aliphatic heterocycles. The Balaban J connectivity index is -0.000000214.